The highest BCUT2D eigenvalue weighted by Gasteiger charge is 2.41. The molecule has 0 amide bonds. The number of nitrogens with zero attached hydrogens (tertiary/aromatic N) is 3. The minimum absolute atomic E-state index is 0.0947. The quantitative estimate of drug-likeness (QED) is 0.927. The minimum Gasteiger partial charge on any atom is -0.393 e. The molecule has 0 bridgehead atoms. The van der Waals surface area contributed by atoms with Gasteiger partial charge in [-0.15, -0.1) is 0 Å². The van der Waals surface area contributed by atoms with E-state index in [2.05, 4.69) is 23.8 Å². The van der Waals surface area contributed by atoms with E-state index in [1.165, 1.54) is 6.42 Å². The van der Waals surface area contributed by atoms with Crippen molar-refractivity contribution in [2.75, 3.05) is 13.1 Å². The molecule has 3 atom stereocenters. The van der Waals surface area contributed by atoms with Crippen molar-refractivity contribution in [2.45, 2.75) is 52.3 Å². The van der Waals surface area contributed by atoms with E-state index in [0.717, 1.165) is 55.4 Å². The number of halogens is 1. The molecule has 0 spiro atoms. The van der Waals surface area contributed by atoms with Gasteiger partial charge in [0.2, 0.25) is 0 Å². The number of aliphatic hydroxyl groups is 1. The Bertz CT molecular complexity index is 488. The number of aryl methyl sites for hydroxylation is 2. The molecule has 2 heterocycles. The van der Waals surface area contributed by atoms with Crippen molar-refractivity contribution in [1.82, 2.24) is 14.7 Å². The van der Waals surface area contributed by atoms with Crippen LogP contribution in [-0.4, -0.2) is 39.0 Å². The number of hydrogen-bond acceptors (Lipinski definition) is 3. The third-order valence-electron chi connectivity index (χ3n) is 4.96. The van der Waals surface area contributed by atoms with Crippen molar-refractivity contribution in [3.63, 3.8) is 0 Å². The van der Waals surface area contributed by atoms with Crippen LogP contribution in [0.2, 0.25) is 5.02 Å². The Morgan fingerprint density at radius 1 is 1.30 bits per heavy atom. The van der Waals surface area contributed by atoms with Gasteiger partial charge < -0.3 is 5.11 Å². The first-order valence-electron chi connectivity index (χ1n) is 7.78. The van der Waals surface area contributed by atoms with Crippen LogP contribution in [0.25, 0.3) is 0 Å². The van der Waals surface area contributed by atoms with E-state index in [-0.39, 0.29) is 6.10 Å². The number of likely N-dealkylation sites (tertiary alicyclic amines) is 1. The van der Waals surface area contributed by atoms with Crippen LogP contribution in [0.15, 0.2) is 0 Å². The molecule has 1 saturated heterocycles. The molecule has 20 heavy (non-hydrogen) atoms. The molecule has 3 rings (SSSR count). The zero-order valence-corrected chi connectivity index (χ0v) is 13.1. The zero-order chi connectivity index (χ0) is 14.3. The monoisotopic (exact) mass is 297 g/mol. The Morgan fingerprint density at radius 2 is 2.10 bits per heavy atom. The van der Waals surface area contributed by atoms with Crippen molar-refractivity contribution in [3.8, 4) is 0 Å². The lowest BCUT2D eigenvalue weighted by Gasteiger charge is -2.18. The topological polar surface area (TPSA) is 41.3 Å². The summed E-state index contributed by atoms with van der Waals surface area (Å²) in [6.07, 6.45) is 2.94. The Labute approximate surface area is 125 Å². The highest BCUT2D eigenvalue weighted by atomic mass is 35.5. The number of aliphatic hydroxyl groups excluding tert-OH is 1. The van der Waals surface area contributed by atoms with Crippen LogP contribution < -0.4 is 0 Å². The molecular formula is C15H24ClN3O. The Hall–Kier alpha value is -0.580. The van der Waals surface area contributed by atoms with Gasteiger partial charge >= 0.3 is 0 Å². The molecule has 2 aliphatic rings. The van der Waals surface area contributed by atoms with Crippen molar-refractivity contribution in [2.24, 2.45) is 11.8 Å². The fourth-order valence-electron chi connectivity index (χ4n) is 3.84. The zero-order valence-electron chi connectivity index (χ0n) is 12.3. The first-order chi connectivity index (χ1) is 9.63. The van der Waals surface area contributed by atoms with Gasteiger partial charge in [0.15, 0.2) is 0 Å². The van der Waals surface area contributed by atoms with Gasteiger partial charge in [0.05, 0.1) is 22.5 Å². The summed E-state index contributed by atoms with van der Waals surface area (Å²) >= 11 is 6.48. The summed E-state index contributed by atoms with van der Waals surface area (Å²) in [6.45, 7) is 8.01. The van der Waals surface area contributed by atoms with E-state index >= 15 is 0 Å². The molecule has 1 aromatic heterocycles. The van der Waals surface area contributed by atoms with Crippen LogP contribution in [0, 0.1) is 11.8 Å². The van der Waals surface area contributed by atoms with Crippen molar-refractivity contribution in [1.29, 1.82) is 0 Å². The average molecular weight is 298 g/mol. The Balaban J connectivity index is 1.74. The van der Waals surface area contributed by atoms with Gasteiger partial charge in [-0.05, 0) is 32.1 Å². The van der Waals surface area contributed by atoms with Gasteiger partial charge in [0, 0.05) is 32.1 Å². The molecule has 1 N–H and O–H groups in total. The number of aromatic nitrogens is 2. The second-order valence-corrected chi connectivity index (χ2v) is 6.52. The Morgan fingerprint density at radius 3 is 2.75 bits per heavy atom. The third-order valence-corrected chi connectivity index (χ3v) is 5.40. The van der Waals surface area contributed by atoms with Crippen LogP contribution in [-0.2, 0) is 19.5 Å². The van der Waals surface area contributed by atoms with Crippen LogP contribution in [0.1, 0.15) is 38.1 Å². The van der Waals surface area contributed by atoms with Crippen LogP contribution in [0.4, 0.5) is 0 Å². The molecule has 2 fully saturated rings. The lowest BCUT2D eigenvalue weighted by molar-refractivity contribution is 0.123. The number of hydrogen-bond donors (Lipinski definition) is 1. The second-order valence-electron chi connectivity index (χ2n) is 6.14. The van der Waals surface area contributed by atoms with Crippen molar-refractivity contribution >= 4 is 11.6 Å². The van der Waals surface area contributed by atoms with Crippen LogP contribution in [0.3, 0.4) is 0 Å². The summed E-state index contributed by atoms with van der Waals surface area (Å²) in [6, 6.07) is 0. The maximum atomic E-state index is 10.0. The fraction of sp³-hybridized carbons (Fsp3) is 0.800. The van der Waals surface area contributed by atoms with E-state index < -0.39 is 0 Å². The highest BCUT2D eigenvalue weighted by Crippen LogP contribution is 2.39. The normalized spacial score (nSPS) is 30.1. The molecule has 1 saturated carbocycles. The summed E-state index contributed by atoms with van der Waals surface area (Å²) < 4.78 is 2.03. The minimum atomic E-state index is -0.0947. The summed E-state index contributed by atoms with van der Waals surface area (Å²) in [5, 5.41) is 15.4. The molecule has 0 aromatic carbocycles. The molecule has 1 aliphatic heterocycles. The summed E-state index contributed by atoms with van der Waals surface area (Å²) in [4.78, 5) is 2.44. The second kappa shape index (κ2) is 5.66. The van der Waals surface area contributed by atoms with E-state index in [1.807, 2.05) is 4.68 Å². The standard InChI is InChI=1S/C15H24ClN3O/c1-3-12-15(16)13(19(4-2)17-12)9-18-7-10-5-6-14(20)11(10)8-18/h10-11,14,20H,3-9H2,1-2H3. The van der Waals surface area contributed by atoms with E-state index in [1.54, 1.807) is 0 Å². The molecular weight excluding hydrogens is 274 g/mol. The number of fused-ring (bicyclic) bond motifs is 1. The van der Waals surface area contributed by atoms with E-state index in [9.17, 15) is 5.11 Å². The van der Waals surface area contributed by atoms with Gasteiger partial charge in [-0.1, -0.05) is 18.5 Å². The van der Waals surface area contributed by atoms with Gasteiger partial charge in [0.25, 0.3) is 0 Å². The van der Waals surface area contributed by atoms with Gasteiger partial charge in [-0.25, -0.2) is 0 Å². The van der Waals surface area contributed by atoms with E-state index in [0.29, 0.717) is 11.8 Å². The first-order valence-corrected chi connectivity index (χ1v) is 8.16. The van der Waals surface area contributed by atoms with Gasteiger partial charge in [-0.2, -0.15) is 5.10 Å². The lowest BCUT2D eigenvalue weighted by atomic mass is 10.00. The van der Waals surface area contributed by atoms with E-state index in [4.69, 9.17) is 11.6 Å². The SMILES string of the molecule is CCc1nn(CC)c(CN2CC3CCC(O)C3C2)c1Cl. The van der Waals surface area contributed by atoms with Crippen LogP contribution >= 0.6 is 11.6 Å². The Kier molecular flexibility index (Phi) is 4.07. The maximum Gasteiger partial charge on any atom is 0.0863 e. The number of rotatable bonds is 4. The first kappa shape index (κ1) is 14.4. The summed E-state index contributed by atoms with van der Waals surface area (Å²) in [7, 11) is 0. The lowest BCUT2D eigenvalue weighted by Crippen LogP contribution is -2.25. The molecule has 1 aliphatic carbocycles. The molecule has 5 heteroatoms. The highest BCUT2D eigenvalue weighted by molar-refractivity contribution is 6.31. The molecule has 112 valence electrons. The molecule has 1 aromatic rings. The van der Waals surface area contributed by atoms with Crippen LogP contribution in [0.5, 0.6) is 0 Å². The largest absolute Gasteiger partial charge is 0.393 e. The predicted molar refractivity (Wildman–Crippen MR) is 79.8 cm³/mol. The predicted octanol–water partition coefficient (Wildman–Crippen LogP) is 2.32. The third kappa shape index (κ3) is 2.38. The maximum absolute atomic E-state index is 10.0. The van der Waals surface area contributed by atoms with Gasteiger partial charge in [-0.3, -0.25) is 9.58 Å². The van der Waals surface area contributed by atoms with Gasteiger partial charge in [0.1, 0.15) is 0 Å². The summed E-state index contributed by atoms with van der Waals surface area (Å²) in [5.74, 6) is 1.14. The summed E-state index contributed by atoms with van der Waals surface area (Å²) in [5.41, 5.74) is 2.14. The molecule has 4 nitrogen and oxygen atoms in total. The van der Waals surface area contributed by atoms with Crippen molar-refractivity contribution in [3.05, 3.63) is 16.4 Å². The van der Waals surface area contributed by atoms with Crippen molar-refractivity contribution < 1.29 is 5.11 Å². The fourth-order valence-corrected chi connectivity index (χ4v) is 4.17. The molecule has 0 radical (unpaired) electrons. The smallest absolute Gasteiger partial charge is 0.0863 e. The molecule has 3 unspecified atom stereocenters. The average Bonchev–Trinajstić information content (AvgIpc) is 3.08.